The summed E-state index contributed by atoms with van der Waals surface area (Å²) >= 11 is 1.64. The van der Waals surface area contributed by atoms with Gasteiger partial charge in [-0.15, -0.1) is 11.3 Å². The Morgan fingerprint density at radius 3 is 2.42 bits per heavy atom. The fourth-order valence-corrected chi connectivity index (χ4v) is 3.27. The molecule has 0 aliphatic carbocycles. The lowest BCUT2D eigenvalue weighted by atomic mass is 9.96. The summed E-state index contributed by atoms with van der Waals surface area (Å²) < 4.78 is 1.18. The zero-order valence-corrected chi connectivity index (χ0v) is 11.2. The van der Waals surface area contributed by atoms with E-state index in [2.05, 4.69) is 6.07 Å². The van der Waals surface area contributed by atoms with Gasteiger partial charge < -0.3 is 10.8 Å². The molecule has 2 unspecified atom stereocenters. The van der Waals surface area contributed by atoms with Crippen LogP contribution in [0.15, 0.2) is 60.0 Å². The molecule has 3 N–H and O–H groups in total. The summed E-state index contributed by atoms with van der Waals surface area (Å²) in [5.74, 6) is 0. The van der Waals surface area contributed by atoms with Crippen LogP contribution in [-0.4, -0.2) is 5.11 Å². The SMILES string of the molecule is NC(c1ccccc1)C(O)c1csc2ccccc12. The molecular weight excluding hydrogens is 254 g/mol. The fourth-order valence-electron chi connectivity index (χ4n) is 2.28. The molecule has 0 aliphatic rings. The second-order valence-corrected chi connectivity index (χ2v) is 5.48. The second-order valence-electron chi connectivity index (χ2n) is 4.57. The lowest BCUT2D eigenvalue weighted by molar-refractivity contribution is 0.149. The van der Waals surface area contributed by atoms with Crippen LogP contribution >= 0.6 is 11.3 Å². The average molecular weight is 269 g/mol. The van der Waals surface area contributed by atoms with Gasteiger partial charge in [-0.1, -0.05) is 48.5 Å². The van der Waals surface area contributed by atoms with E-state index in [0.717, 1.165) is 16.5 Å². The zero-order valence-electron chi connectivity index (χ0n) is 10.4. The molecule has 0 bridgehead atoms. The van der Waals surface area contributed by atoms with Gasteiger partial charge in [0.2, 0.25) is 0 Å². The van der Waals surface area contributed by atoms with E-state index in [0.29, 0.717) is 0 Å². The molecule has 0 saturated carbocycles. The Morgan fingerprint density at radius 1 is 0.947 bits per heavy atom. The minimum Gasteiger partial charge on any atom is -0.386 e. The van der Waals surface area contributed by atoms with Crippen molar-refractivity contribution in [1.29, 1.82) is 0 Å². The van der Waals surface area contributed by atoms with Crippen molar-refractivity contribution >= 4 is 21.4 Å². The van der Waals surface area contributed by atoms with Gasteiger partial charge in [-0.25, -0.2) is 0 Å². The highest BCUT2D eigenvalue weighted by Crippen LogP contribution is 2.35. The van der Waals surface area contributed by atoms with Crippen LogP contribution in [-0.2, 0) is 0 Å². The topological polar surface area (TPSA) is 46.2 Å². The van der Waals surface area contributed by atoms with Crippen LogP contribution in [0.25, 0.3) is 10.1 Å². The molecule has 96 valence electrons. The number of nitrogens with two attached hydrogens (primary N) is 1. The van der Waals surface area contributed by atoms with E-state index in [1.807, 2.05) is 53.9 Å². The summed E-state index contributed by atoms with van der Waals surface area (Å²) in [6, 6.07) is 17.4. The molecule has 3 aromatic rings. The van der Waals surface area contributed by atoms with Crippen molar-refractivity contribution in [3.05, 3.63) is 71.1 Å². The van der Waals surface area contributed by atoms with Crippen molar-refractivity contribution in [2.75, 3.05) is 0 Å². The number of rotatable bonds is 3. The third-order valence-corrected chi connectivity index (χ3v) is 4.34. The summed E-state index contributed by atoms with van der Waals surface area (Å²) in [5, 5.41) is 13.6. The van der Waals surface area contributed by atoms with E-state index in [-0.39, 0.29) is 0 Å². The van der Waals surface area contributed by atoms with Gasteiger partial charge >= 0.3 is 0 Å². The minimum atomic E-state index is -0.682. The molecule has 0 spiro atoms. The van der Waals surface area contributed by atoms with E-state index >= 15 is 0 Å². The number of benzene rings is 2. The summed E-state index contributed by atoms with van der Waals surface area (Å²) in [6.07, 6.45) is -0.682. The van der Waals surface area contributed by atoms with Crippen molar-refractivity contribution in [2.45, 2.75) is 12.1 Å². The highest BCUT2D eigenvalue weighted by Gasteiger charge is 2.21. The zero-order chi connectivity index (χ0) is 13.2. The van der Waals surface area contributed by atoms with Crippen molar-refractivity contribution in [3.63, 3.8) is 0 Å². The van der Waals surface area contributed by atoms with Gasteiger partial charge in [0.1, 0.15) is 0 Å². The molecule has 2 atom stereocenters. The second kappa shape index (κ2) is 5.13. The van der Waals surface area contributed by atoms with Crippen LogP contribution in [0.1, 0.15) is 23.3 Å². The third kappa shape index (κ3) is 2.28. The number of fused-ring (bicyclic) bond motifs is 1. The van der Waals surface area contributed by atoms with Crippen LogP contribution < -0.4 is 5.73 Å². The summed E-state index contributed by atoms with van der Waals surface area (Å²) in [5.41, 5.74) is 8.04. The first kappa shape index (κ1) is 12.4. The number of aliphatic hydroxyl groups excluding tert-OH is 1. The Balaban J connectivity index is 1.98. The molecule has 0 amide bonds. The maximum atomic E-state index is 10.5. The Labute approximate surface area is 116 Å². The molecule has 0 fully saturated rings. The molecule has 3 heteroatoms. The van der Waals surface area contributed by atoms with Crippen LogP contribution in [0.4, 0.5) is 0 Å². The van der Waals surface area contributed by atoms with Crippen LogP contribution in [0.2, 0.25) is 0 Å². The van der Waals surface area contributed by atoms with E-state index in [1.54, 1.807) is 11.3 Å². The van der Waals surface area contributed by atoms with Crippen molar-refractivity contribution < 1.29 is 5.11 Å². The quantitative estimate of drug-likeness (QED) is 0.762. The molecule has 2 nitrogen and oxygen atoms in total. The Bertz CT molecular complexity index is 677. The highest BCUT2D eigenvalue weighted by molar-refractivity contribution is 7.17. The number of aliphatic hydroxyl groups is 1. The fraction of sp³-hybridized carbons (Fsp3) is 0.125. The molecule has 3 rings (SSSR count). The lowest BCUT2D eigenvalue weighted by Crippen LogP contribution is -2.19. The summed E-state index contributed by atoms with van der Waals surface area (Å²) in [6.45, 7) is 0. The van der Waals surface area contributed by atoms with Crippen molar-refractivity contribution in [1.82, 2.24) is 0 Å². The van der Waals surface area contributed by atoms with E-state index < -0.39 is 12.1 Å². The highest BCUT2D eigenvalue weighted by atomic mass is 32.1. The van der Waals surface area contributed by atoms with Gasteiger partial charge in [0.25, 0.3) is 0 Å². The number of hydrogen-bond acceptors (Lipinski definition) is 3. The van der Waals surface area contributed by atoms with Gasteiger partial charge in [0.05, 0.1) is 12.1 Å². The minimum absolute atomic E-state index is 0.404. The lowest BCUT2D eigenvalue weighted by Gasteiger charge is -2.19. The first-order valence-corrected chi connectivity index (χ1v) is 7.10. The van der Waals surface area contributed by atoms with Gasteiger partial charge in [-0.05, 0) is 22.4 Å². The molecule has 1 aromatic heterocycles. The largest absolute Gasteiger partial charge is 0.386 e. The molecule has 0 saturated heterocycles. The number of thiophene rings is 1. The smallest absolute Gasteiger partial charge is 0.0996 e. The molecule has 0 aliphatic heterocycles. The predicted molar refractivity (Wildman–Crippen MR) is 80.2 cm³/mol. The molecule has 0 radical (unpaired) electrons. The van der Waals surface area contributed by atoms with Crippen molar-refractivity contribution in [3.8, 4) is 0 Å². The standard InChI is InChI=1S/C16H15NOS/c17-15(11-6-2-1-3-7-11)16(18)13-10-19-14-9-5-4-8-12(13)14/h1-10,15-16,18H,17H2. The normalized spacial score (nSPS) is 14.4. The van der Waals surface area contributed by atoms with Gasteiger partial charge in [0, 0.05) is 10.3 Å². The molecular formula is C16H15NOS. The summed E-state index contributed by atoms with van der Waals surface area (Å²) in [4.78, 5) is 0. The molecule has 19 heavy (non-hydrogen) atoms. The van der Waals surface area contributed by atoms with Crippen LogP contribution in [0.3, 0.4) is 0 Å². The first-order chi connectivity index (χ1) is 9.27. The van der Waals surface area contributed by atoms with Crippen LogP contribution in [0, 0.1) is 0 Å². The predicted octanol–water partition coefficient (Wildman–Crippen LogP) is 3.63. The maximum absolute atomic E-state index is 10.5. The van der Waals surface area contributed by atoms with E-state index in [1.165, 1.54) is 4.70 Å². The Hall–Kier alpha value is -1.68. The third-order valence-electron chi connectivity index (χ3n) is 3.35. The van der Waals surface area contributed by atoms with Gasteiger partial charge in [0.15, 0.2) is 0 Å². The summed E-state index contributed by atoms with van der Waals surface area (Å²) in [7, 11) is 0. The van der Waals surface area contributed by atoms with Crippen LogP contribution in [0.5, 0.6) is 0 Å². The maximum Gasteiger partial charge on any atom is 0.0996 e. The first-order valence-electron chi connectivity index (χ1n) is 6.22. The Morgan fingerprint density at radius 2 is 1.63 bits per heavy atom. The molecule has 2 aromatic carbocycles. The van der Waals surface area contributed by atoms with Crippen molar-refractivity contribution in [2.24, 2.45) is 5.73 Å². The van der Waals surface area contributed by atoms with Gasteiger partial charge in [-0.2, -0.15) is 0 Å². The molecule has 1 heterocycles. The van der Waals surface area contributed by atoms with Gasteiger partial charge in [-0.3, -0.25) is 0 Å². The number of hydrogen-bond donors (Lipinski definition) is 2. The Kier molecular flexibility index (Phi) is 3.34. The average Bonchev–Trinajstić information content (AvgIpc) is 2.90. The van der Waals surface area contributed by atoms with E-state index in [9.17, 15) is 5.11 Å². The monoisotopic (exact) mass is 269 g/mol. The van der Waals surface area contributed by atoms with E-state index in [4.69, 9.17) is 5.73 Å².